The second-order valence-electron chi connectivity index (χ2n) is 5.86. The zero-order valence-electron chi connectivity index (χ0n) is 13.1. The first-order valence-electron chi connectivity index (χ1n) is 7.38. The van der Waals surface area contributed by atoms with Crippen LogP contribution in [0.15, 0.2) is 28.7 Å². The van der Waals surface area contributed by atoms with E-state index in [-0.39, 0.29) is 24.5 Å². The van der Waals surface area contributed by atoms with E-state index in [0.29, 0.717) is 5.92 Å². The van der Waals surface area contributed by atoms with Crippen molar-refractivity contribution in [1.82, 2.24) is 4.90 Å². The first kappa shape index (κ1) is 18.1. The summed E-state index contributed by atoms with van der Waals surface area (Å²) in [7, 11) is 0. The van der Waals surface area contributed by atoms with E-state index in [4.69, 9.17) is 11.5 Å². The summed E-state index contributed by atoms with van der Waals surface area (Å²) in [5.74, 6) is 0.113. The highest BCUT2D eigenvalue weighted by Gasteiger charge is 2.27. The molecule has 0 aromatic heterocycles. The minimum absolute atomic E-state index is 0.0117. The van der Waals surface area contributed by atoms with Crippen LogP contribution in [0, 0.1) is 5.92 Å². The number of nitrogens with two attached hydrogens (primary N) is 2. The Morgan fingerprint density at radius 2 is 2.05 bits per heavy atom. The summed E-state index contributed by atoms with van der Waals surface area (Å²) < 4.78 is 1.01. The molecule has 0 saturated heterocycles. The zero-order valence-corrected chi connectivity index (χ0v) is 14.6. The van der Waals surface area contributed by atoms with Crippen LogP contribution in [0.1, 0.15) is 38.8 Å². The molecule has 0 spiro atoms. The lowest BCUT2D eigenvalue weighted by Gasteiger charge is -2.36. The van der Waals surface area contributed by atoms with E-state index in [2.05, 4.69) is 53.7 Å². The predicted molar refractivity (Wildman–Crippen MR) is 90.8 cm³/mol. The molecule has 2 unspecified atom stereocenters. The highest BCUT2D eigenvalue weighted by Crippen LogP contribution is 2.28. The van der Waals surface area contributed by atoms with Gasteiger partial charge in [-0.1, -0.05) is 48.8 Å². The van der Waals surface area contributed by atoms with Gasteiger partial charge in [0.1, 0.15) is 0 Å². The minimum Gasteiger partial charge on any atom is -0.369 e. The fraction of sp³-hybridized carbons (Fsp3) is 0.562. The van der Waals surface area contributed by atoms with Crippen LogP contribution in [-0.4, -0.2) is 29.9 Å². The number of primary amides is 1. The van der Waals surface area contributed by atoms with Crippen LogP contribution >= 0.6 is 15.9 Å². The molecular formula is C16H26BrN3O. The molecule has 0 radical (unpaired) electrons. The van der Waals surface area contributed by atoms with Crippen molar-refractivity contribution in [2.75, 3.05) is 13.1 Å². The van der Waals surface area contributed by atoms with E-state index in [1.54, 1.807) is 0 Å². The Kier molecular flexibility index (Phi) is 7.35. The normalized spacial score (nSPS) is 14.4. The summed E-state index contributed by atoms with van der Waals surface area (Å²) >= 11 is 3.50. The van der Waals surface area contributed by atoms with Gasteiger partial charge in [-0.3, -0.25) is 9.69 Å². The Balaban J connectivity index is 3.15. The monoisotopic (exact) mass is 355 g/mol. The van der Waals surface area contributed by atoms with E-state index in [1.807, 2.05) is 12.1 Å². The highest BCUT2D eigenvalue weighted by atomic mass is 79.9. The number of amides is 1. The number of carbonyl (C=O) groups excluding carboxylic acids is 1. The number of benzene rings is 1. The van der Waals surface area contributed by atoms with Gasteiger partial charge in [-0.05, 0) is 30.0 Å². The molecule has 1 rings (SSSR count). The molecule has 4 N–H and O–H groups in total. The Bertz CT molecular complexity index is 465. The van der Waals surface area contributed by atoms with Crippen LogP contribution in [-0.2, 0) is 4.79 Å². The molecule has 21 heavy (non-hydrogen) atoms. The third-order valence-electron chi connectivity index (χ3n) is 3.42. The first-order valence-corrected chi connectivity index (χ1v) is 8.17. The average Bonchev–Trinajstić information content (AvgIpc) is 2.37. The highest BCUT2D eigenvalue weighted by molar-refractivity contribution is 9.10. The Morgan fingerprint density at radius 3 is 2.52 bits per heavy atom. The third kappa shape index (κ3) is 5.77. The van der Waals surface area contributed by atoms with Gasteiger partial charge in [-0.2, -0.15) is 0 Å². The minimum atomic E-state index is -0.320. The molecule has 0 saturated carbocycles. The SMILES string of the molecule is CCC(N)C(c1cccc(Br)c1)N(CC(N)=O)CC(C)C. The molecular weight excluding hydrogens is 330 g/mol. The second-order valence-corrected chi connectivity index (χ2v) is 6.78. The van der Waals surface area contributed by atoms with Crippen molar-refractivity contribution in [3.8, 4) is 0 Å². The van der Waals surface area contributed by atoms with Crippen molar-refractivity contribution in [2.45, 2.75) is 39.3 Å². The van der Waals surface area contributed by atoms with Crippen LogP contribution < -0.4 is 11.5 Å². The summed E-state index contributed by atoms with van der Waals surface area (Å²) in [5, 5.41) is 0. The zero-order chi connectivity index (χ0) is 16.0. The average molecular weight is 356 g/mol. The number of rotatable bonds is 8. The van der Waals surface area contributed by atoms with Gasteiger partial charge >= 0.3 is 0 Å². The number of nitrogens with zero attached hydrogens (tertiary/aromatic N) is 1. The van der Waals surface area contributed by atoms with E-state index in [9.17, 15) is 4.79 Å². The molecule has 1 amide bonds. The molecule has 0 aliphatic carbocycles. The first-order chi connectivity index (χ1) is 9.85. The Morgan fingerprint density at radius 1 is 1.38 bits per heavy atom. The fourth-order valence-corrected chi connectivity index (χ4v) is 3.01. The van der Waals surface area contributed by atoms with Gasteiger partial charge in [0.25, 0.3) is 0 Å². The van der Waals surface area contributed by atoms with Gasteiger partial charge in [-0.25, -0.2) is 0 Å². The lowest BCUT2D eigenvalue weighted by atomic mass is 9.95. The van der Waals surface area contributed by atoms with E-state index < -0.39 is 0 Å². The molecule has 0 fully saturated rings. The molecule has 1 aromatic rings. The third-order valence-corrected chi connectivity index (χ3v) is 3.91. The molecule has 0 heterocycles. The maximum absolute atomic E-state index is 11.4. The maximum atomic E-state index is 11.4. The van der Waals surface area contributed by atoms with Crippen molar-refractivity contribution >= 4 is 21.8 Å². The number of halogens is 1. The van der Waals surface area contributed by atoms with Gasteiger partial charge in [0.15, 0.2) is 0 Å². The fourth-order valence-electron chi connectivity index (χ4n) is 2.59. The molecule has 0 aliphatic rings. The summed E-state index contributed by atoms with van der Waals surface area (Å²) in [4.78, 5) is 13.5. The summed E-state index contributed by atoms with van der Waals surface area (Å²) in [6.07, 6.45) is 0.838. The van der Waals surface area contributed by atoms with E-state index in [1.165, 1.54) is 0 Å². The Hall–Kier alpha value is -0.910. The largest absolute Gasteiger partial charge is 0.369 e. The van der Waals surface area contributed by atoms with Crippen molar-refractivity contribution in [1.29, 1.82) is 0 Å². The van der Waals surface area contributed by atoms with Gasteiger partial charge in [0.2, 0.25) is 5.91 Å². The molecule has 1 aromatic carbocycles. The summed E-state index contributed by atoms with van der Waals surface area (Å²) in [5.41, 5.74) is 12.9. The van der Waals surface area contributed by atoms with Crippen molar-refractivity contribution in [2.24, 2.45) is 17.4 Å². The molecule has 5 heteroatoms. The van der Waals surface area contributed by atoms with Crippen LogP contribution in [0.3, 0.4) is 0 Å². The van der Waals surface area contributed by atoms with Gasteiger partial charge in [0, 0.05) is 17.1 Å². The lowest BCUT2D eigenvalue weighted by molar-refractivity contribution is -0.120. The second kappa shape index (κ2) is 8.51. The summed E-state index contributed by atoms with van der Waals surface area (Å²) in [6, 6.07) is 8.04. The topological polar surface area (TPSA) is 72.3 Å². The number of hydrogen-bond acceptors (Lipinski definition) is 3. The van der Waals surface area contributed by atoms with E-state index in [0.717, 1.165) is 23.0 Å². The van der Waals surface area contributed by atoms with Crippen LogP contribution in [0.2, 0.25) is 0 Å². The van der Waals surface area contributed by atoms with Gasteiger partial charge < -0.3 is 11.5 Å². The number of carbonyl (C=O) groups is 1. The summed E-state index contributed by atoms with van der Waals surface area (Å²) in [6.45, 7) is 7.33. The van der Waals surface area contributed by atoms with Crippen LogP contribution in [0.25, 0.3) is 0 Å². The maximum Gasteiger partial charge on any atom is 0.231 e. The quantitative estimate of drug-likeness (QED) is 0.752. The predicted octanol–water partition coefficient (Wildman–Crippen LogP) is 2.67. The molecule has 0 aliphatic heterocycles. The molecule has 2 atom stereocenters. The smallest absolute Gasteiger partial charge is 0.231 e. The van der Waals surface area contributed by atoms with Crippen molar-refractivity contribution in [3.05, 3.63) is 34.3 Å². The Labute approximate surface area is 136 Å². The van der Waals surface area contributed by atoms with Gasteiger partial charge in [-0.15, -0.1) is 0 Å². The van der Waals surface area contributed by atoms with Crippen LogP contribution in [0.5, 0.6) is 0 Å². The van der Waals surface area contributed by atoms with Crippen molar-refractivity contribution in [3.63, 3.8) is 0 Å². The molecule has 0 bridgehead atoms. The molecule has 4 nitrogen and oxygen atoms in total. The lowest BCUT2D eigenvalue weighted by Crippen LogP contribution is -2.46. The standard InChI is InChI=1S/C16H26BrN3O/c1-4-14(18)16(12-6-5-7-13(17)8-12)20(9-11(2)3)10-15(19)21/h5-8,11,14,16H,4,9-10,18H2,1-3H3,(H2,19,21). The van der Waals surface area contributed by atoms with Gasteiger partial charge in [0.05, 0.1) is 12.6 Å². The van der Waals surface area contributed by atoms with Crippen molar-refractivity contribution < 1.29 is 4.79 Å². The number of hydrogen-bond donors (Lipinski definition) is 2. The molecule has 118 valence electrons. The van der Waals surface area contributed by atoms with Crippen LogP contribution in [0.4, 0.5) is 0 Å². The van der Waals surface area contributed by atoms with E-state index >= 15 is 0 Å².